The van der Waals surface area contributed by atoms with Crippen molar-refractivity contribution in [1.82, 2.24) is 4.98 Å². The van der Waals surface area contributed by atoms with Crippen molar-refractivity contribution in [2.24, 2.45) is 0 Å². The summed E-state index contributed by atoms with van der Waals surface area (Å²) in [5.74, 6) is 1.51. The van der Waals surface area contributed by atoms with Crippen molar-refractivity contribution in [3.63, 3.8) is 0 Å². The molecule has 0 fully saturated rings. The molecule has 0 saturated heterocycles. The molecule has 0 bridgehead atoms. The quantitative estimate of drug-likeness (QED) is 0.791. The highest BCUT2D eigenvalue weighted by Gasteiger charge is 2.18. The second-order valence-corrected chi connectivity index (χ2v) is 5.51. The van der Waals surface area contributed by atoms with Crippen molar-refractivity contribution in [2.75, 3.05) is 6.61 Å². The van der Waals surface area contributed by atoms with E-state index in [2.05, 4.69) is 27.0 Å². The number of ether oxygens (including phenoxy) is 2. The fourth-order valence-corrected chi connectivity index (χ4v) is 2.81. The molecule has 3 rings (SSSR count). The monoisotopic (exact) mass is 339 g/mol. The van der Waals surface area contributed by atoms with Crippen LogP contribution >= 0.6 is 27.5 Å². The molecule has 0 aliphatic carbocycles. The first-order chi connectivity index (χ1) is 9.24. The van der Waals surface area contributed by atoms with Gasteiger partial charge in [-0.15, -0.1) is 0 Å². The smallest absolute Gasteiger partial charge is 0.171 e. The summed E-state index contributed by atoms with van der Waals surface area (Å²) < 4.78 is 12.4. The number of rotatable bonds is 3. The van der Waals surface area contributed by atoms with E-state index in [1.165, 1.54) is 5.56 Å². The van der Waals surface area contributed by atoms with Crippen molar-refractivity contribution in [3.05, 3.63) is 51.2 Å². The molecule has 0 spiro atoms. The van der Waals surface area contributed by atoms with Crippen molar-refractivity contribution in [1.29, 1.82) is 0 Å². The number of nitrogens with zero attached hydrogens (tertiary/aromatic N) is 1. The van der Waals surface area contributed by atoms with Crippen LogP contribution in [0.1, 0.15) is 11.1 Å². The van der Waals surface area contributed by atoms with Gasteiger partial charge in [-0.25, -0.2) is 4.98 Å². The number of fused-ring (bicyclic) bond motifs is 1. The Bertz CT molecular complexity index is 618. The van der Waals surface area contributed by atoms with Gasteiger partial charge in [0, 0.05) is 22.7 Å². The summed E-state index contributed by atoms with van der Waals surface area (Å²) in [6.07, 6.45) is 2.57. The number of hydrogen-bond acceptors (Lipinski definition) is 3. The van der Waals surface area contributed by atoms with Gasteiger partial charge >= 0.3 is 0 Å². The molecule has 0 amide bonds. The minimum atomic E-state index is 0.370. The van der Waals surface area contributed by atoms with Gasteiger partial charge in [0.15, 0.2) is 10.9 Å². The van der Waals surface area contributed by atoms with Crippen LogP contribution in [0.25, 0.3) is 0 Å². The SMILES string of the molecule is Clc1ncccc1OCc1cc(Br)cc2c1OCC2. The number of benzene rings is 1. The average molecular weight is 341 g/mol. The number of pyridine rings is 1. The van der Waals surface area contributed by atoms with Crippen LogP contribution in [0.5, 0.6) is 11.5 Å². The summed E-state index contributed by atoms with van der Waals surface area (Å²) >= 11 is 9.47. The summed E-state index contributed by atoms with van der Waals surface area (Å²) in [6.45, 7) is 1.14. The van der Waals surface area contributed by atoms with Gasteiger partial charge in [-0.2, -0.15) is 0 Å². The zero-order chi connectivity index (χ0) is 13.2. The molecule has 1 aromatic heterocycles. The molecule has 3 nitrogen and oxygen atoms in total. The van der Waals surface area contributed by atoms with E-state index >= 15 is 0 Å². The van der Waals surface area contributed by atoms with Crippen LogP contribution in [0.4, 0.5) is 0 Å². The van der Waals surface area contributed by atoms with E-state index in [9.17, 15) is 0 Å². The van der Waals surface area contributed by atoms with Crippen LogP contribution in [0.15, 0.2) is 34.9 Å². The molecular weight excluding hydrogens is 330 g/mol. The molecule has 0 N–H and O–H groups in total. The Morgan fingerprint density at radius 2 is 2.32 bits per heavy atom. The summed E-state index contributed by atoms with van der Waals surface area (Å²) in [4.78, 5) is 3.98. The molecule has 0 saturated carbocycles. The lowest BCUT2D eigenvalue weighted by atomic mass is 10.1. The predicted molar refractivity (Wildman–Crippen MR) is 76.9 cm³/mol. The molecule has 19 heavy (non-hydrogen) atoms. The standard InChI is InChI=1S/C14H11BrClNO2/c15-11-6-9-3-5-18-13(9)10(7-11)8-19-12-2-1-4-17-14(12)16/h1-2,4,6-7H,3,5,8H2. The number of hydrogen-bond donors (Lipinski definition) is 0. The number of halogens is 2. The molecule has 2 aromatic rings. The van der Waals surface area contributed by atoms with Crippen molar-refractivity contribution in [3.8, 4) is 11.5 Å². The van der Waals surface area contributed by atoms with Gasteiger partial charge < -0.3 is 9.47 Å². The van der Waals surface area contributed by atoms with Crippen LogP contribution in [0, 0.1) is 0 Å². The van der Waals surface area contributed by atoms with E-state index < -0.39 is 0 Å². The zero-order valence-corrected chi connectivity index (χ0v) is 12.4. The summed E-state index contributed by atoms with van der Waals surface area (Å²) in [5, 5.41) is 0.370. The lowest BCUT2D eigenvalue weighted by Crippen LogP contribution is -1.99. The van der Waals surface area contributed by atoms with Crippen LogP contribution in [0.3, 0.4) is 0 Å². The Kier molecular flexibility index (Phi) is 3.62. The Hall–Kier alpha value is -1.26. The Morgan fingerprint density at radius 1 is 1.42 bits per heavy atom. The average Bonchev–Trinajstić information content (AvgIpc) is 2.85. The highest BCUT2D eigenvalue weighted by molar-refractivity contribution is 9.10. The van der Waals surface area contributed by atoms with E-state index in [1.807, 2.05) is 6.07 Å². The van der Waals surface area contributed by atoms with Crippen molar-refractivity contribution < 1.29 is 9.47 Å². The minimum Gasteiger partial charge on any atom is -0.493 e. The van der Waals surface area contributed by atoms with Crippen LogP contribution in [-0.2, 0) is 13.0 Å². The number of aromatic nitrogens is 1. The molecule has 0 unspecified atom stereocenters. The Labute approximate surface area is 124 Å². The fourth-order valence-electron chi connectivity index (χ4n) is 2.09. The lowest BCUT2D eigenvalue weighted by Gasteiger charge is -2.11. The van der Waals surface area contributed by atoms with Gasteiger partial charge in [0.2, 0.25) is 0 Å². The second-order valence-electron chi connectivity index (χ2n) is 4.23. The predicted octanol–water partition coefficient (Wildman–Crippen LogP) is 4.01. The van der Waals surface area contributed by atoms with E-state index in [0.717, 1.165) is 28.8 Å². The normalized spacial score (nSPS) is 12.9. The minimum absolute atomic E-state index is 0.370. The topological polar surface area (TPSA) is 31.4 Å². The van der Waals surface area contributed by atoms with Gasteiger partial charge in [0.25, 0.3) is 0 Å². The first kappa shape index (κ1) is 12.8. The third-order valence-corrected chi connectivity index (χ3v) is 3.68. The Balaban J connectivity index is 1.83. The fraction of sp³-hybridized carbons (Fsp3) is 0.214. The van der Waals surface area contributed by atoms with Crippen LogP contribution in [0.2, 0.25) is 5.15 Å². The van der Waals surface area contributed by atoms with Gasteiger partial charge in [0.1, 0.15) is 12.4 Å². The van der Waals surface area contributed by atoms with E-state index in [0.29, 0.717) is 17.5 Å². The van der Waals surface area contributed by atoms with Gasteiger partial charge in [0.05, 0.1) is 6.61 Å². The molecule has 2 heterocycles. The summed E-state index contributed by atoms with van der Waals surface area (Å²) in [6, 6.07) is 7.69. The largest absolute Gasteiger partial charge is 0.493 e. The molecule has 5 heteroatoms. The molecule has 1 aliphatic heterocycles. The molecule has 98 valence electrons. The van der Waals surface area contributed by atoms with Crippen molar-refractivity contribution in [2.45, 2.75) is 13.0 Å². The van der Waals surface area contributed by atoms with E-state index in [4.69, 9.17) is 21.1 Å². The van der Waals surface area contributed by atoms with E-state index in [-0.39, 0.29) is 0 Å². The maximum Gasteiger partial charge on any atom is 0.171 e. The van der Waals surface area contributed by atoms with Crippen LogP contribution in [-0.4, -0.2) is 11.6 Å². The van der Waals surface area contributed by atoms with Gasteiger partial charge in [-0.05, 0) is 29.8 Å². The maximum absolute atomic E-state index is 5.96. The molecule has 1 aliphatic rings. The first-order valence-electron chi connectivity index (χ1n) is 5.91. The van der Waals surface area contributed by atoms with Crippen molar-refractivity contribution >= 4 is 27.5 Å². The van der Waals surface area contributed by atoms with E-state index in [1.54, 1.807) is 18.3 Å². The highest BCUT2D eigenvalue weighted by Crippen LogP contribution is 2.34. The molecule has 1 aromatic carbocycles. The zero-order valence-electron chi connectivity index (χ0n) is 10.0. The first-order valence-corrected chi connectivity index (χ1v) is 7.08. The second kappa shape index (κ2) is 5.39. The van der Waals surface area contributed by atoms with Gasteiger partial charge in [-0.3, -0.25) is 0 Å². The molecule has 0 radical (unpaired) electrons. The third kappa shape index (κ3) is 2.69. The highest BCUT2D eigenvalue weighted by atomic mass is 79.9. The lowest BCUT2D eigenvalue weighted by molar-refractivity contribution is 0.291. The van der Waals surface area contributed by atoms with Crippen LogP contribution < -0.4 is 9.47 Å². The summed E-state index contributed by atoms with van der Waals surface area (Å²) in [5.41, 5.74) is 2.23. The summed E-state index contributed by atoms with van der Waals surface area (Å²) in [7, 11) is 0. The molecule has 0 atom stereocenters. The third-order valence-electron chi connectivity index (χ3n) is 2.93. The maximum atomic E-state index is 5.96. The Morgan fingerprint density at radius 3 is 3.16 bits per heavy atom. The van der Waals surface area contributed by atoms with Gasteiger partial charge in [-0.1, -0.05) is 27.5 Å². The molecular formula is C14H11BrClNO2.